The molecule has 3 rings (SSSR count). The monoisotopic (exact) mass is 380 g/mol. The second-order valence-electron chi connectivity index (χ2n) is 6.62. The summed E-state index contributed by atoms with van der Waals surface area (Å²) >= 11 is 0. The molecule has 144 valence electrons. The normalized spacial score (nSPS) is 20.0. The van der Waals surface area contributed by atoms with Crippen molar-refractivity contribution < 1.29 is 27.9 Å². The maximum absolute atomic E-state index is 13.0. The van der Waals surface area contributed by atoms with E-state index < -0.39 is 43.1 Å². The predicted octanol–water partition coefficient (Wildman–Crippen LogP) is 3.29. The lowest BCUT2D eigenvalue weighted by Gasteiger charge is -2.18. The van der Waals surface area contributed by atoms with Gasteiger partial charge in [0, 0.05) is 19.6 Å². The van der Waals surface area contributed by atoms with Gasteiger partial charge in [-0.05, 0) is 22.8 Å². The van der Waals surface area contributed by atoms with Gasteiger partial charge in [-0.3, -0.25) is 4.79 Å². The zero-order chi connectivity index (χ0) is 19.6. The summed E-state index contributed by atoms with van der Waals surface area (Å²) in [5.74, 6) is -5.21. The SMILES string of the molecule is O=C(O)[C@@H]1CN(C(=O)NCCc2cccc3ccccc23)C[C@H]1C(F)(F)F. The molecule has 0 bridgehead atoms. The number of nitrogens with one attached hydrogen (secondary N) is 1. The van der Waals surface area contributed by atoms with Crippen LogP contribution in [0.3, 0.4) is 0 Å². The molecule has 8 heteroatoms. The van der Waals surface area contributed by atoms with Crippen LogP contribution in [0, 0.1) is 11.8 Å². The van der Waals surface area contributed by atoms with Gasteiger partial charge in [0.05, 0.1) is 11.8 Å². The van der Waals surface area contributed by atoms with Gasteiger partial charge in [0.2, 0.25) is 0 Å². The van der Waals surface area contributed by atoms with E-state index in [1.54, 1.807) is 0 Å². The maximum atomic E-state index is 13.0. The van der Waals surface area contributed by atoms with Crippen molar-refractivity contribution in [3.63, 3.8) is 0 Å². The first-order valence-electron chi connectivity index (χ1n) is 8.56. The van der Waals surface area contributed by atoms with Gasteiger partial charge in [0.1, 0.15) is 0 Å². The van der Waals surface area contributed by atoms with E-state index in [0.717, 1.165) is 21.2 Å². The van der Waals surface area contributed by atoms with Crippen molar-refractivity contribution in [1.82, 2.24) is 10.2 Å². The molecule has 1 heterocycles. The minimum Gasteiger partial charge on any atom is -0.481 e. The minimum atomic E-state index is -4.65. The van der Waals surface area contributed by atoms with Crippen molar-refractivity contribution >= 4 is 22.8 Å². The summed E-state index contributed by atoms with van der Waals surface area (Å²) in [5.41, 5.74) is 1.02. The van der Waals surface area contributed by atoms with E-state index in [4.69, 9.17) is 5.11 Å². The Bertz CT molecular complexity index is 848. The first-order valence-corrected chi connectivity index (χ1v) is 8.56. The molecule has 1 aliphatic rings. The fourth-order valence-corrected chi connectivity index (χ4v) is 3.48. The lowest BCUT2D eigenvalue weighted by molar-refractivity contribution is -0.187. The lowest BCUT2D eigenvalue weighted by atomic mass is 9.96. The lowest BCUT2D eigenvalue weighted by Crippen LogP contribution is -2.40. The predicted molar refractivity (Wildman–Crippen MR) is 93.3 cm³/mol. The van der Waals surface area contributed by atoms with E-state index in [9.17, 15) is 22.8 Å². The van der Waals surface area contributed by atoms with Crippen LogP contribution in [-0.4, -0.2) is 47.8 Å². The number of carbonyl (C=O) groups excluding carboxylic acids is 1. The number of benzene rings is 2. The zero-order valence-electron chi connectivity index (χ0n) is 14.4. The standard InChI is InChI=1S/C19H19F3N2O3/c20-19(21,22)16-11-24(10-15(16)17(25)26)18(27)23-9-8-13-6-3-5-12-4-1-2-7-14(12)13/h1-7,15-16H,8-11H2,(H,23,27)(H,25,26)/t15-,16-/m1/s1. The van der Waals surface area contributed by atoms with E-state index in [-0.39, 0.29) is 6.54 Å². The van der Waals surface area contributed by atoms with Crippen molar-refractivity contribution in [2.75, 3.05) is 19.6 Å². The fourth-order valence-electron chi connectivity index (χ4n) is 3.48. The van der Waals surface area contributed by atoms with Gasteiger partial charge >= 0.3 is 18.2 Å². The van der Waals surface area contributed by atoms with Gasteiger partial charge in [-0.2, -0.15) is 13.2 Å². The summed E-state index contributed by atoms with van der Waals surface area (Å²) in [6.07, 6.45) is -4.13. The Morgan fingerprint density at radius 3 is 2.48 bits per heavy atom. The molecule has 1 aliphatic heterocycles. The number of amides is 2. The van der Waals surface area contributed by atoms with Gasteiger partial charge in [-0.25, -0.2) is 4.79 Å². The number of aliphatic carboxylic acids is 1. The molecule has 2 aromatic carbocycles. The van der Waals surface area contributed by atoms with Crippen LogP contribution in [0.5, 0.6) is 0 Å². The Labute approximate surface area is 153 Å². The van der Waals surface area contributed by atoms with Crippen molar-refractivity contribution in [3.05, 3.63) is 48.0 Å². The highest BCUT2D eigenvalue weighted by Crippen LogP contribution is 2.37. The fraction of sp³-hybridized carbons (Fsp3) is 0.368. The molecular weight excluding hydrogens is 361 g/mol. The Hall–Kier alpha value is -2.77. The highest BCUT2D eigenvalue weighted by molar-refractivity contribution is 5.85. The Morgan fingerprint density at radius 2 is 1.81 bits per heavy atom. The van der Waals surface area contributed by atoms with Crippen molar-refractivity contribution in [3.8, 4) is 0 Å². The van der Waals surface area contributed by atoms with Gasteiger partial charge in [-0.15, -0.1) is 0 Å². The number of carbonyl (C=O) groups is 2. The smallest absolute Gasteiger partial charge is 0.394 e. The van der Waals surface area contributed by atoms with Crippen LogP contribution in [0.2, 0.25) is 0 Å². The van der Waals surface area contributed by atoms with Gasteiger partial charge in [-0.1, -0.05) is 42.5 Å². The molecule has 27 heavy (non-hydrogen) atoms. The van der Waals surface area contributed by atoms with Crippen LogP contribution < -0.4 is 5.32 Å². The van der Waals surface area contributed by atoms with Crippen LogP contribution in [0.4, 0.5) is 18.0 Å². The maximum Gasteiger partial charge on any atom is 0.394 e. The van der Waals surface area contributed by atoms with Crippen molar-refractivity contribution in [2.24, 2.45) is 11.8 Å². The molecular formula is C19H19F3N2O3. The third kappa shape index (κ3) is 4.15. The van der Waals surface area contributed by atoms with Gasteiger partial charge in [0.25, 0.3) is 0 Å². The summed E-state index contributed by atoms with van der Waals surface area (Å²) in [5, 5.41) is 13.7. The second kappa shape index (κ2) is 7.46. The van der Waals surface area contributed by atoms with Crippen LogP contribution in [-0.2, 0) is 11.2 Å². The Balaban J connectivity index is 1.60. The summed E-state index contributed by atoms with van der Waals surface area (Å²) in [6, 6.07) is 12.9. The molecule has 0 aliphatic carbocycles. The Morgan fingerprint density at radius 1 is 1.11 bits per heavy atom. The number of likely N-dealkylation sites (tertiary alicyclic amines) is 1. The molecule has 0 spiro atoms. The van der Waals surface area contributed by atoms with Gasteiger partial charge in [0.15, 0.2) is 0 Å². The number of hydrogen-bond acceptors (Lipinski definition) is 2. The molecule has 1 fully saturated rings. The quantitative estimate of drug-likeness (QED) is 0.855. The first-order chi connectivity index (χ1) is 12.8. The van der Waals surface area contributed by atoms with E-state index >= 15 is 0 Å². The molecule has 2 aromatic rings. The molecule has 2 atom stereocenters. The Kier molecular flexibility index (Phi) is 5.25. The summed E-state index contributed by atoms with van der Waals surface area (Å²) < 4.78 is 39.0. The molecule has 1 saturated heterocycles. The van der Waals surface area contributed by atoms with E-state index in [1.807, 2.05) is 42.5 Å². The number of urea groups is 1. The number of rotatable bonds is 4. The largest absolute Gasteiger partial charge is 0.481 e. The third-order valence-corrected chi connectivity index (χ3v) is 4.90. The van der Waals surface area contributed by atoms with Crippen LogP contribution >= 0.6 is 0 Å². The second-order valence-corrected chi connectivity index (χ2v) is 6.62. The van der Waals surface area contributed by atoms with E-state index in [0.29, 0.717) is 6.42 Å². The first kappa shape index (κ1) is 19.0. The van der Waals surface area contributed by atoms with Crippen LogP contribution in [0.15, 0.2) is 42.5 Å². The summed E-state index contributed by atoms with van der Waals surface area (Å²) in [4.78, 5) is 24.2. The summed E-state index contributed by atoms with van der Waals surface area (Å²) in [7, 11) is 0. The summed E-state index contributed by atoms with van der Waals surface area (Å²) in [6.45, 7) is -0.835. The van der Waals surface area contributed by atoms with Crippen LogP contribution in [0.1, 0.15) is 5.56 Å². The van der Waals surface area contributed by atoms with Gasteiger partial charge < -0.3 is 15.3 Å². The molecule has 0 aromatic heterocycles. The van der Waals surface area contributed by atoms with E-state index in [2.05, 4.69) is 5.32 Å². The van der Waals surface area contributed by atoms with Crippen molar-refractivity contribution in [1.29, 1.82) is 0 Å². The molecule has 0 unspecified atom stereocenters. The molecule has 2 amide bonds. The third-order valence-electron chi connectivity index (χ3n) is 4.90. The minimum absolute atomic E-state index is 0.248. The molecule has 5 nitrogen and oxygen atoms in total. The molecule has 0 saturated carbocycles. The number of carboxylic acids is 1. The van der Waals surface area contributed by atoms with E-state index in [1.165, 1.54) is 0 Å². The highest BCUT2D eigenvalue weighted by atomic mass is 19.4. The number of hydrogen-bond donors (Lipinski definition) is 2. The average Bonchev–Trinajstić information content (AvgIpc) is 3.08. The molecule has 2 N–H and O–H groups in total. The zero-order valence-corrected chi connectivity index (χ0v) is 14.4. The number of halogens is 3. The van der Waals surface area contributed by atoms with Crippen molar-refractivity contribution in [2.45, 2.75) is 12.6 Å². The number of fused-ring (bicyclic) bond motifs is 1. The number of nitrogens with zero attached hydrogens (tertiary/aromatic N) is 1. The average molecular weight is 380 g/mol. The topological polar surface area (TPSA) is 69.6 Å². The number of carboxylic acid groups (broad SMARTS) is 1. The number of alkyl halides is 3. The molecule has 0 radical (unpaired) electrons. The highest BCUT2D eigenvalue weighted by Gasteiger charge is 2.53. The van der Waals surface area contributed by atoms with Crippen LogP contribution in [0.25, 0.3) is 10.8 Å².